The Kier molecular flexibility index (Phi) is 5.07. The molecule has 0 atom stereocenters. The molecule has 0 aliphatic heterocycles. The van der Waals surface area contributed by atoms with Crippen LogP contribution < -0.4 is 4.72 Å². The molecule has 0 fully saturated rings. The summed E-state index contributed by atoms with van der Waals surface area (Å²) in [4.78, 5) is 23.5. The van der Waals surface area contributed by atoms with E-state index in [1.165, 1.54) is 36.1 Å². The first-order valence-corrected chi connectivity index (χ1v) is 8.70. The molecule has 0 aromatic heterocycles. The summed E-state index contributed by atoms with van der Waals surface area (Å²) in [6.07, 6.45) is 0. The largest absolute Gasteiger partial charge is 0.345 e. The monoisotopic (exact) mass is 363 g/mol. The van der Waals surface area contributed by atoms with Crippen LogP contribution >= 0.6 is 0 Å². The van der Waals surface area contributed by atoms with Crippen molar-refractivity contribution in [3.05, 3.63) is 63.7 Å². The summed E-state index contributed by atoms with van der Waals surface area (Å²) in [6, 6.07) is 9.68. The van der Waals surface area contributed by atoms with Crippen molar-refractivity contribution < 1.29 is 18.1 Å². The van der Waals surface area contributed by atoms with E-state index in [4.69, 9.17) is 0 Å². The van der Waals surface area contributed by atoms with Gasteiger partial charge in [-0.15, -0.1) is 0 Å². The van der Waals surface area contributed by atoms with Gasteiger partial charge >= 0.3 is 0 Å². The van der Waals surface area contributed by atoms with Gasteiger partial charge in [-0.25, -0.2) is 8.42 Å². The molecule has 8 nitrogen and oxygen atoms in total. The van der Waals surface area contributed by atoms with Crippen LogP contribution in [0.25, 0.3) is 0 Å². The Hall–Kier alpha value is -2.94. The number of rotatable bonds is 5. The van der Waals surface area contributed by atoms with Crippen molar-refractivity contribution in [3.63, 3.8) is 0 Å². The van der Waals surface area contributed by atoms with Gasteiger partial charge in [0.05, 0.1) is 9.82 Å². The molecule has 0 unspecified atom stereocenters. The zero-order chi connectivity index (χ0) is 18.8. The summed E-state index contributed by atoms with van der Waals surface area (Å²) in [7, 11) is -0.852. The van der Waals surface area contributed by atoms with E-state index in [1.54, 1.807) is 26.2 Å². The van der Waals surface area contributed by atoms with Gasteiger partial charge in [0, 0.05) is 37.0 Å². The van der Waals surface area contributed by atoms with Gasteiger partial charge in [0.1, 0.15) is 0 Å². The Morgan fingerprint density at radius 2 is 1.84 bits per heavy atom. The van der Waals surface area contributed by atoms with E-state index < -0.39 is 14.9 Å². The van der Waals surface area contributed by atoms with E-state index in [9.17, 15) is 23.3 Å². The molecule has 25 heavy (non-hydrogen) atoms. The fourth-order valence-electron chi connectivity index (χ4n) is 2.14. The molecular weight excluding hydrogens is 346 g/mol. The molecule has 0 bridgehead atoms. The van der Waals surface area contributed by atoms with E-state index in [0.29, 0.717) is 11.1 Å². The molecule has 0 saturated heterocycles. The first-order chi connectivity index (χ1) is 11.6. The summed E-state index contributed by atoms with van der Waals surface area (Å²) in [5.74, 6) is -0.271. The second-order valence-corrected chi connectivity index (χ2v) is 7.27. The predicted molar refractivity (Wildman–Crippen MR) is 93.1 cm³/mol. The highest BCUT2D eigenvalue weighted by Crippen LogP contribution is 2.24. The van der Waals surface area contributed by atoms with Crippen molar-refractivity contribution >= 4 is 27.3 Å². The Labute approximate surface area is 145 Å². The number of nitrogens with zero attached hydrogens (tertiary/aromatic N) is 2. The first kappa shape index (κ1) is 18.4. The lowest BCUT2D eigenvalue weighted by Crippen LogP contribution is -2.22. The molecule has 0 aliphatic rings. The van der Waals surface area contributed by atoms with Gasteiger partial charge in [-0.05, 0) is 31.2 Å². The summed E-state index contributed by atoms with van der Waals surface area (Å²) < 4.78 is 27.3. The number of nitrogens with one attached hydrogen (secondary N) is 1. The maximum absolute atomic E-state index is 12.5. The van der Waals surface area contributed by atoms with Gasteiger partial charge in [-0.1, -0.05) is 12.1 Å². The number of sulfonamides is 1. The smallest absolute Gasteiger partial charge is 0.273 e. The minimum Gasteiger partial charge on any atom is -0.345 e. The number of hydrogen-bond acceptors (Lipinski definition) is 5. The van der Waals surface area contributed by atoms with Crippen LogP contribution in [0.5, 0.6) is 0 Å². The maximum atomic E-state index is 12.5. The molecule has 0 saturated carbocycles. The van der Waals surface area contributed by atoms with Crippen molar-refractivity contribution in [1.29, 1.82) is 0 Å². The molecular formula is C16H17N3O5S. The van der Waals surface area contributed by atoms with Gasteiger partial charge in [0.15, 0.2) is 0 Å². The molecule has 0 aliphatic carbocycles. The SMILES string of the molecule is Cc1ccc(S(=O)(=O)Nc2cccc(C(=O)N(C)C)c2)cc1[N+](=O)[O-]. The van der Waals surface area contributed by atoms with Gasteiger partial charge in [0.25, 0.3) is 21.6 Å². The fourth-order valence-corrected chi connectivity index (χ4v) is 3.21. The molecule has 0 spiro atoms. The third-order valence-electron chi connectivity index (χ3n) is 3.46. The van der Waals surface area contributed by atoms with E-state index in [0.717, 1.165) is 6.07 Å². The average Bonchev–Trinajstić information content (AvgIpc) is 2.53. The van der Waals surface area contributed by atoms with E-state index in [-0.39, 0.29) is 22.2 Å². The number of amides is 1. The lowest BCUT2D eigenvalue weighted by Gasteiger charge is -2.12. The third-order valence-corrected chi connectivity index (χ3v) is 4.83. The number of nitro groups is 1. The standard InChI is InChI=1S/C16H17N3O5S/c1-11-7-8-14(10-15(11)19(21)22)25(23,24)17-13-6-4-5-12(9-13)16(20)18(2)3/h4-10,17H,1-3H3. The molecule has 2 rings (SSSR count). The van der Waals surface area contributed by atoms with Crippen molar-refractivity contribution in [1.82, 2.24) is 4.90 Å². The number of nitro benzene ring substituents is 1. The summed E-state index contributed by atoms with van der Waals surface area (Å²) in [5.41, 5.74) is 0.595. The zero-order valence-electron chi connectivity index (χ0n) is 13.9. The van der Waals surface area contributed by atoms with E-state index in [1.807, 2.05) is 0 Å². The Morgan fingerprint density at radius 1 is 1.16 bits per heavy atom. The van der Waals surface area contributed by atoms with Crippen LogP contribution in [0.15, 0.2) is 47.4 Å². The Morgan fingerprint density at radius 3 is 2.44 bits per heavy atom. The molecule has 1 amide bonds. The molecule has 2 aromatic rings. The Balaban J connectivity index is 2.37. The topological polar surface area (TPSA) is 110 Å². The average molecular weight is 363 g/mol. The van der Waals surface area contributed by atoms with Crippen LogP contribution in [-0.2, 0) is 10.0 Å². The maximum Gasteiger partial charge on any atom is 0.273 e. The van der Waals surface area contributed by atoms with Gasteiger partial charge in [0.2, 0.25) is 0 Å². The normalized spacial score (nSPS) is 11.0. The predicted octanol–water partition coefficient (Wildman–Crippen LogP) is 2.41. The highest BCUT2D eigenvalue weighted by Gasteiger charge is 2.20. The lowest BCUT2D eigenvalue weighted by molar-refractivity contribution is -0.385. The number of carbonyl (C=O) groups is 1. The Bertz CT molecular complexity index is 939. The fraction of sp³-hybridized carbons (Fsp3) is 0.188. The van der Waals surface area contributed by atoms with Gasteiger partial charge in [-0.2, -0.15) is 0 Å². The van der Waals surface area contributed by atoms with Gasteiger partial charge < -0.3 is 4.90 Å². The second kappa shape index (κ2) is 6.89. The van der Waals surface area contributed by atoms with Gasteiger partial charge in [-0.3, -0.25) is 19.6 Å². The number of aryl methyl sites for hydroxylation is 1. The number of benzene rings is 2. The molecule has 0 radical (unpaired) electrons. The summed E-state index contributed by atoms with van der Waals surface area (Å²) in [6.45, 7) is 1.53. The minimum atomic E-state index is -4.03. The third kappa shape index (κ3) is 4.13. The lowest BCUT2D eigenvalue weighted by atomic mass is 10.2. The number of hydrogen-bond donors (Lipinski definition) is 1. The highest BCUT2D eigenvalue weighted by molar-refractivity contribution is 7.92. The molecule has 2 aromatic carbocycles. The van der Waals surface area contributed by atoms with Crippen molar-refractivity contribution in [2.75, 3.05) is 18.8 Å². The first-order valence-electron chi connectivity index (χ1n) is 7.21. The molecule has 0 heterocycles. The van der Waals surface area contributed by atoms with Crippen molar-refractivity contribution in [2.45, 2.75) is 11.8 Å². The van der Waals surface area contributed by atoms with E-state index >= 15 is 0 Å². The van der Waals surface area contributed by atoms with Crippen LogP contribution in [-0.4, -0.2) is 38.2 Å². The van der Waals surface area contributed by atoms with Crippen LogP contribution in [0.1, 0.15) is 15.9 Å². The van der Waals surface area contributed by atoms with Crippen LogP contribution in [0.2, 0.25) is 0 Å². The summed E-state index contributed by atoms with van der Waals surface area (Å²) in [5, 5.41) is 11.0. The van der Waals surface area contributed by atoms with E-state index in [2.05, 4.69) is 4.72 Å². The highest BCUT2D eigenvalue weighted by atomic mass is 32.2. The molecule has 132 valence electrons. The summed E-state index contributed by atoms with van der Waals surface area (Å²) >= 11 is 0. The van der Waals surface area contributed by atoms with Crippen molar-refractivity contribution in [2.24, 2.45) is 0 Å². The number of carbonyl (C=O) groups excluding carboxylic acids is 1. The second-order valence-electron chi connectivity index (χ2n) is 5.59. The van der Waals surface area contributed by atoms with Crippen molar-refractivity contribution in [3.8, 4) is 0 Å². The quantitative estimate of drug-likeness (QED) is 0.648. The zero-order valence-corrected chi connectivity index (χ0v) is 14.7. The minimum absolute atomic E-state index is 0.191. The van der Waals surface area contributed by atoms with Crippen LogP contribution in [0, 0.1) is 17.0 Å². The van der Waals surface area contributed by atoms with Crippen LogP contribution in [0.4, 0.5) is 11.4 Å². The molecule has 9 heteroatoms. The molecule has 1 N–H and O–H groups in total. The van der Waals surface area contributed by atoms with Crippen LogP contribution in [0.3, 0.4) is 0 Å². The number of anilines is 1.